The van der Waals surface area contributed by atoms with Gasteiger partial charge in [0.2, 0.25) is 0 Å². The molecule has 104 valence electrons. The molecule has 6 nitrogen and oxygen atoms in total. The van der Waals surface area contributed by atoms with Crippen molar-refractivity contribution in [2.75, 3.05) is 13.1 Å². The van der Waals surface area contributed by atoms with Gasteiger partial charge in [0, 0.05) is 18.7 Å². The van der Waals surface area contributed by atoms with E-state index in [4.69, 9.17) is 5.11 Å². The Morgan fingerprint density at radius 1 is 1.47 bits per heavy atom. The normalized spacial score (nSPS) is 10.7. The molecular formula is C13H18N2O4. The van der Waals surface area contributed by atoms with Crippen molar-refractivity contribution >= 4 is 11.7 Å². The standard InChI is InChI=1S/C13H18N2O4/c1-3-6-14(9-13(16)17)8-11-4-5-12(15(18)19)7-10(11)2/h4-5,7H,3,6,8-9H2,1-2H3,(H,16,17). The second kappa shape index (κ2) is 6.84. The van der Waals surface area contributed by atoms with E-state index in [1.807, 2.05) is 11.8 Å². The Morgan fingerprint density at radius 3 is 2.63 bits per heavy atom. The summed E-state index contributed by atoms with van der Waals surface area (Å²) in [6.07, 6.45) is 0.860. The first-order valence-corrected chi connectivity index (χ1v) is 6.12. The number of aryl methyl sites for hydroxylation is 1. The van der Waals surface area contributed by atoms with E-state index >= 15 is 0 Å². The summed E-state index contributed by atoms with van der Waals surface area (Å²) in [5, 5.41) is 19.5. The van der Waals surface area contributed by atoms with Gasteiger partial charge in [-0.1, -0.05) is 13.0 Å². The molecule has 1 aromatic rings. The van der Waals surface area contributed by atoms with E-state index < -0.39 is 10.9 Å². The minimum atomic E-state index is -0.868. The number of nitro groups is 1. The molecule has 6 heteroatoms. The number of rotatable bonds is 7. The second-order valence-electron chi connectivity index (χ2n) is 4.47. The van der Waals surface area contributed by atoms with Gasteiger partial charge in [0.15, 0.2) is 0 Å². The highest BCUT2D eigenvalue weighted by Gasteiger charge is 2.13. The molecule has 0 unspecified atom stereocenters. The number of carboxylic acids is 1. The summed E-state index contributed by atoms with van der Waals surface area (Å²) in [6, 6.07) is 4.66. The van der Waals surface area contributed by atoms with Gasteiger partial charge in [-0.25, -0.2) is 0 Å². The Hall–Kier alpha value is -1.95. The summed E-state index contributed by atoms with van der Waals surface area (Å²) in [7, 11) is 0. The Balaban J connectivity index is 2.84. The monoisotopic (exact) mass is 266 g/mol. The van der Waals surface area contributed by atoms with Crippen LogP contribution in [0, 0.1) is 17.0 Å². The first-order chi connectivity index (χ1) is 8.93. The van der Waals surface area contributed by atoms with Gasteiger partial charge in [-0.05, 0) is 31.0 Å². The van der Waals surface area contributed by atoms with E-state index in [-0.39, 0.29) is 12.2 Å². The van der Waals surface area contributed by atoms with Crippen LogP contribution in [0.4, 0.5) is 5.69 Å². The summed E-state index contributed by atoms with van der Waals surface area (Å²) in [5.41, 5.74) is 1.78. The predicted octanol–water partition coefficient (Wildman–Crippen LogP) is 2.20. The van der Waals surface area contributed by atoms with E-state index in [1.165, 1.54) is 12.1 Å². The highest BCUT2D eigenvalue weighted by atomic mass is 16.6. The summed E-state index contributed by atoms with van der Waals surface area (Å²) >= 11 is 0. The third-order valence-electron chi connectivity index (χ3n) is 2.83. The lowest BCUT2D eigenvalue weighted by molar-refractivity contribution is -0.384. The molecule has 1 N–H and O–H groups in total. The number of hydrogen-bond donors (Lipinski definition) is 1. The summed E-state index contributed by atoms with van der Waals surface area (Å²) < 4.78 is 0. The van der Waals surface area contributed by atoms with Crippen LogP contribution in [0.3, 0.4) is 0 Å². The number of aliphatic carboxylic acids is 1. The number of nitrogens with zero attached hydrogens (tertiary/aromatic N) is 2. The first-order valence-electron chi connectivity index (χ1n) is 6.12. The molecule has 0 fully saturated rings. The molecule has 0 saturated carbocycles. The van der Waals surface area contributed by atoms with Crippen molar-refractivity contribution in [2.45, 2.75) is 26.8 Å². The van der Waals surface area contributed by atoms with Crippen LogP contribution in [0.15, 0.2) is 18.2 Å². The Morgan fingerprint density at radius 2 is 2.16 bits per heavy atom. The van der Waals surface area contributed by atoms with Crippen molar-refractivity contribution in [1.29, 1.82) is 0 Å². The predicted molar refractivity (Wildman–Crippen MR) is 71.0 cm³/mol. The summed E-state index contributed by atoms with van der Waals surface area (Å²) in [4.78, 5) is 22.8. The molecule has 0 aromatic heterocycles. The van der Waals surface area contributed by atoms with Crippen LogP contribution in [0.1, 0.15) is 24.5 Å². The maximum Gasteiger partial charge on any atom is 0.317 e. The third-order valence-corrected chi connectivity index (χ3v) is 2.83. The average molecular weight is 266 g/mol. The van der Waals surface area contributed by atoms with Gasteiger partial charge in [0.05, 0.1) is 11.5 Å². The van der Waals surface area contributed by atoms with E-state index in [2.05, 4.69) is 0 Å². The van der Waals surface area contributed by atoms with Gasteiger partial charge >= 0.3 is 5.97 Å². The highest BCUT2D eigenvalue weighted by Crippen LogP contribution is 2.18. The minimum Gasteiger partial charge on any atom is -0.480 e. The smallest absolute Gasteiger partial charge is 0.317 e. The molecule has 0 amide bonds. The lowest BCUT2D eigenvalue weighted by Crippen LogP contribution is -2.30. The Labute approximate surface area is 111 Å². The van der Waals surface area contributed by atoms with Crippen LogP contribution in [0.5, 0.6) is 0 Å². The zero-order valence-corrected chi connectivity index (χ0v) is 11.1. The lowest BCUT2D eigenvalue weighted by Gasteiger charge is -2.20. The van der Waals surface area contributed by atoms with Crippen LogP contribution in [-0.2, 0) is 11.3 Å². The summed E-state index contributed by atoms with van der Waals surface area (Å²) in [6.45, 7) is 4.93. The van der Waals surface area contributed by atoms with Crippen molar-refractivity contribution in [1.82, 2.24) is 4.90 Å². The van der Waals surface area contributed by atoms with E-state index in [0.717, 1.165) is 17.5 Å². The Bertz CT molecular complexity index is 474. The third kappa shape index (κ3) is 4.67. The fourth-order valence-electron chi connectivity index (χ4n) is 1.93. The van der Waals surface area contributed by atoms with Crippen LogP contribution in [-0.4, -0.2) is 34.0 Å². The zero-order chi connectivity index (χ0) is 14.4. The molecule has 1 rings (SSSR count). The van der Waals surface area contributed by atoms with Gasteiger partial charge < -0.3 is 5.11 Å². The van der Waals surface area contributed by atoms with Gasteiger partial charge in [0.25, 0.3) is 5.69 Å². The van der Waals surface area contributed by atoms with Crippen molar-refractivity contribution in [3.05, 3.63) is 39.4 Å². The maximum atomic E-state index is 10.8. The van der Waals surface area contributed by atoms with Crippen molar-refractivity contribution in [2.24, 2.45) is 0 Å². The number of nitro benzene ring substituents is 1. The SMILES string of the molecule is CCCN(CC(=O)O)Cc1ccc([N+](=O)[O-])cc1C. The molecular weight excluding hydrogens is 248 g/mol. The van der Waals surface area contributed by atoms with Gasteiger partial charge in [-0.15, -0.1) is 0 Å². The first kappa shape index (κ1) is 15.1. The largest absolute Gasteiger partial charge is 0.480 e. The number of carboxylic acid groups (broad SMARTS) is 1. The number of hydrogen-bond acceptors (Lipinski definition) is 4. The quantitative estimate of drug-likeness (QED) is 0.604. The summed E-state index contributed by atoms with van der Waals surface area (Å²) in [5.74, 6) is -0.868. The molecule has 0 atom stereocenters. The molecule has 0 spiro atoms. The van der Waals surface area contributed by atoms with Crippen LogP contribution >= 0.6 is 0 Å². The molecule has 19 heavy (non-hydrogen) atoms. The molecule has 0 heterocycles. The molecule has 0 aliphatic carbocycles. The van der Waals surface area contributed by atoms with Crippen molar-refractivity contribution < 1.29 is 14.8 Å². The van der Waals surface area contributed by atoms with Crippen molar-refractivity contribution in [3.8, 4) is 0 Å². The highest BCUT2D eigenvalue weighted by molar-refractivity contribution is 5.69. The number of carbonyl (C=O) groups is 1. The average Bonchev–Trinajstić information content (AvgIpc) is 2.31. The number of non-ortho nitro benzene ring substituents is 1. The molecule has 0 aliphatic heterocycles. The lowest BCUT2D eigenvalue weighted by atomic mass is 10.1. The fraction of sp³-hybridized carbons (Fsp3) is 0.462. The van der Waals surface area contributed by atoms with Crippen LogP contribution in [0.25, 0.3) is 0 Å². The topological polar surface area (TPSA) is 83.7 Å². The van der Waals surface area contributed by atoms with E-state index in [9.17, 15) is 14.9 Å². The van der Waals surface area contributed by atoms with E-state index in [1.54, 1.807) is 13.0 Å². The number of benzene rings is 1. The second-order valence-corrected chi connectivity index (χ2v) is 4.47. The molecule has 0 radical (unpaired) electrons. The fourth-order valence-corrected chi connectivity index (χ4v) is 1.93. The van der Waals surface area contributed by atoms with Crippen LogP contribution in [0.2, 0.25) is 0 Å². The molecule has 0 aliphatic rings. The van der Waals surface area contributed by atoms with Gasteiger partial charge in [-0.2, -0.15) is 0 Å². The Kier molecular flexibility index (Phi) is 5.44. The van der Waals surface area contributed by atoms with Gasteiger partial charge in [0.1, 0.15) is 0 Å². The zero-order valence-electron chi connectivity index (χ0n) is 11.1. The van der Waals surface area contributed by atoms with Gasteiger partial charge in [-0.3, -0.25) is 19.8 Å². The molecule has 1 aromatic carbocycles. The maximum absolute atomic E-state index is 10.8. The molecule has 0 saturated heterocycles. The molecule has 0 bridgehead atoms. The minimum absolute atomic E-state index is 0.0235. The van der Waals surface area contributed by atoms with Crippen molar-refractivity contribution in [3.63, 3.8) is 0 Å². The van der Waals surface area contributed by atoms with E-state index in [0.29, 0.717) is 13.1 Å². The van der Waals surface area contributed by atoms with Crippen LogP contribution < -0.4 is 0 Å².